The summed E-state index contributed by atoms with van der Waals surface area (Å²) >= 11 is 0. The van der Waals surface area contributed by atoms with E-state index in [9.17, 15) is 14.4 Å². The summed E-state index contributed by atoms with van der Waals surface area (Å²) in [6.45, 7) is 4.16. The van der Waals surface area contributed by atoms with E-state index in [1.54, 1.807) is 26.8 Å². The Morgan fingerprint density at radius 2 is 1.79 bits per heavy atom. The molecule has 0 bridgehead atoms. The zero-order valence-corrected chi connectivity index (χ0v) is 13.8. The Bertz CT molecular complexity index is 619. The lowest BCUT2D eigenvalue weighted by Gasteiger charge is -2.19. The highest BCUT2D eigenvalue weighted by atomic mass is 16.6. The summed E-state index contributed by atoms with van der Waals surface area (Å²) in [5.41, 5.74) is 5.83. The third-order valence-corrected chi connectivity index (χ3v) is 2.54. The van der Waals surface area contributed by atoms with Crippen molar-refractivity contribution in [1.82, 2.24) is 0 Å². The molecule has 1 rings (SSSR count). The summed E-state index contributed by atoms with van der Waals surface area (Å²) < 4.78 is 14.8. The van der Waals surface area contributed by atoms with Crippen LogP contribution in [-0.2, 0) is 30.3 Å². The predicted octanol–water partition coefficient (Wildman–Crippen LogP) is 1.16. The number of rotatable bonds is 7. The van der Waals surface area contributed by atoms with Crippen LogP contribution in [0.3, 0.4) is 0 Å². The molecular weight excluding hydrogens is 318 g/mol. The number of nitrogen functional groups attached to an aromatic ring is 1. The van der Waals surface area contributed by atoms with Gasteiger partial charge >= 0.3 is 17.9 Å². The Labute approximate surface area is 139 Å². The Balaban J connectivity index is 2.51. The molecule has 0 atom stereocenters. The second kappa shape index (κ2) is 8.19. The van der Waals surface area contributed by atoms with Gasteiger partial charge in [-0.25, -0.2) is 9.59 Å². The number of benzene rings is 1. The number of carboxylic acid groups (broad SMARTS) is 1. The van der Waals surface area contributed by atoms with Crippen molar-refractivity contribution in [3.8, 4) is 5.75 Å². The molecule has 8 nitrogen and oxygen atoms in total. The first-order chi connectivity index (χ1) is 11.1. The van der Waals surface area contributed by atoms with Crippen LogP contribution in [0.1, 0.15) is 26.3 Å². The zero-order valence-electron chi connectivity index (χ0n) is 13.8. The Morgan fingerprint density at radius 1 is 1.12 bits per heavy atom. The SMILES string of the molecule is CC(C)(C)OC(=O)COC(=O)Cc1ccc(OCC(=O)O)c(N)c1. The normalized spacial score (nSPS) is 10.8. The van der Waals surface area contributed by atoms with Gasteiger partial charge in [-0.3, -0.25) is 4.79 Å². The van der Waals surface area contributed by atoms with Gasteiger partial charge in [-0.1, -0.05) is 6.07 Å². The lowest BCUT2D eigenvalue weighted by Crippen LogP contribution is -2.27. The van der Waals surface area contributed by atoms with E-state index in [0.29, 0.717) is 5.56 Å². The minimum Gasteiger partial charge on any atom is -0.480 e. The molecule has 1 aromatic rings. The van der Waals surface area contributed by atoms with Crippen LogP contribution < -0.4 is 10.5 Å². The molecule has 0 amide bonds. The fourth-order valence-corrected chi connectivity index (χ4v) is 1.71. The van der Waals surface area contributed by atoms with Crippen LogP contribution in [0.25, 0.3) is 0 Å². The van der Waals surface area contributed by atoms with E-state index in [1.165, 1.54) is 12.1 Å². The smallest absolute Gasteiger partial charge is 0.344 e. The van der Waals surface area contributed by atoms with Crippen molar-refractivity contribution < 1.29 is 33.7 Å². The summed E-state index contributed by atoms with van der Waals surface area (Å²) in [6, 6.07) is 4.50. The molecule has 0 aliphatic carbocycles. The maximum Gasteiger partial charge on any atom is 0.344 e. The van der Waals surface area contributed by atoms with Crippen molar-refractivity contribution in [2.24, 2.45) is 0 Å². The van der Waals surface area contributed by atoms with Crippen LogP contribution >= 0.6 is 0 Å². The highest BCUT2D eigenvalue weighted by Crippen LogP contribution is 2.22. The van der Waals surface area contributed by atoms with E-state index in [1.807, 2.05) is 0 Å². The van der Waals surface area contributed by atoms with Gasteiger partial charge in [0, 0.05) is 0 Å². The van der Waals surface area contributed by atoms with Crippen molar-refractivity contribution in [3.05, 3.63) is 23.8 Å². The molecule has 0 aliphatic rings. The van der Waals surface area contributed by atoms with Gasteiger partial charge in [-0.15, -0.1) is 0 Å². The lowest BCUT2D eigenvalue weighted by atomic mass is 10.1. The maximum atomic E-state index is 11.7. The fraction of sp³-hybridized carbons (Fsp3) is 0.438. The average Bonchev–Trinajstić information content (AvgIpc) is 2.42. The molecule has 1 aromatic carbocycles. The molecule has 0 radical (unpaired) electrons. The topological polar surface area (TPSA) is 125 Å². The molecule has 0 aromatic heterocycles. The first kappa shape index (κ1) is 19.3. The number of anilines is 1. The van der Waals surface area contributed by atoms with Crippen molar-refractivity contribution in [3.63, 3.8) is 0 Å². The van der Waals surface area contributed by atoms with Crippen LogP contribution in [0.5, 0.6) is 5.75 Å². The van der Waals surface area contributed by atoms with Gasteiger partial charge in [0.15, 0.2) is 13.2 Å². The number of hydrogen-bond acceptors (Lipinski definition) is 7. The van der Waals surface area contributed by atoms with Crippen molar-refractivity contribution in [1.29, 1.82) is 0 Å². The molecule has 3 N–H and O–H groups in total. The Morgan fingerprint density at radius 3 is 2.33 bits per heavy atom. The summed E-state index contributed by atoms with van der Waals surface area (Å²) in [5.74, 6) is -2.15. The highest BCUT2D eigenvalue weighted by molar-refractivity contribution is 5.78. The number of carbonyl (C=O) groups is 3. The van der Waals surface area contributed by atoms with E-state index in [4.69, 9.17) is 25.1 Å². The summed E-state index contributed by atoms with van der Waals surface area (Å²) in [5, 5.41) is 8.55. The number of nitrogens with two attached hydrogens (primary N) is 1. The van der Waals surface area contributed by atoms with Crippen LogP contribution in [0, 0.1) is 0 Å². The predicted molar refractivity (Wildman–Crippen MR) is 84.5 cm³/mol. The monoisotopic (exact) mass is 339 g/mol. The largest absolute Gasteiger partial charge is 0.480 e. The number of ether oxygens (including phenoxy) is 3. The van der Waals surface area contributed by atoms with E-state index >= 15 is 0 Å². The molecule has 132 valence electrons. The number of carbonyl (C=O) groups excluding carboxylic acids is 2. The molecule has 24 heavy (non-hydrogen) atoms. The molecule has 0 saturated heterocycles. The molecule has 0 aliphatic heterocycles. The van der Waals surface area contributed by atoms with Crippen LogP contribution in [-0.4, -0.2) is 41.8 Å². The number of esters is 2. The molecule has 8 heteroatoms. The second-order valence-corrected chi connectivity index (χ2v) is 5.98. The highest BCUT2D eigenvalue weighted by Gasteiger charge is 2.18. The lowest BCUT2D eigenvalue weighted by molar-refractivity contribution is -0.166. The first-order valence-electron chi connectivity index (χ1n) is 7.17. The van der Waals surface area contributed by atoms with Crippen LogP contribution in [0.15, 0.2) is 18.2 Å². The molecule has 0 heterocycles. The van der Waals surface area contributed by atoms with Gasteiger partial charge in [0.25, 0.3) is 0 Å². The second-order valence-electron chi connectivity index (χ2n) is 5.98. The first-order valence-corrected chi connectivity index (χ1v) is 7.17. The quantitative estimate of drug-likeness (QED) is 0.560. The van der Waals surface area contributed by atoms with E-state index in [2.05, 4.69) is 0 Å². The molecule has 0 spiro atoms. The number of carboxylic acids is 1. The third-order valence-electron chi connectivity index (χ3n) is 2.54. The number of aliphatic carboxylic acids is 1. The molecular formula is C16H21NO7. The van der Waals surface area contributed by atoms with Crippen LogP contribution in [0.4, 0.5) is 5.69 Å². The maximum absolute atomic E-state index is 11.7. The van der Waals surface area contributed by atoms with Gasteiger partial charge < -0.3 is 25.1 Å². The Kier molecular flexibility index (Phi) is 6.58. The van der Waals surface area contributed by atoms with Gasteiger partial charge in [-0.05, 0) is 38.5 Å². The third kappa shape index (κ3) is 7.48. The van der Waals surface area contributed by atoms with Gasteiger partial charge in [0.2, 0.25) is 0 Å². The van der Waals surface area contributed by atoms with Crippen molar-refractivity contribution in [2.45, 2.75) is 32.8 Å². The van der Waals surface area contributed by atoms with Gasteiger partial charge in [-0.2, -0.15) is 0 Å². The summed E-state index contributed by atoms with van der Waals surface area (Å²) in [6.07, 6.45) is -0.0911. The summed E-state index contributed by atoms with van der Waals surface area (Å²) in [4.78, 5) is 33.6. The molecule has 0 fully saturated rings. The fourth-order valence-electron chi connectivity index (χ4n) is 1.71. The van der Waals surface area contributed by atoms with Gasteiger partial charge in [0.1, 0.15) is 11.4 Å². The van der Waals surface area contributed by atoms with E-state index < -0.39 is 36.7 Å². The molecule has 0 unspecified atom stereocenters. The molecule has 0 saturated carbocycles. The van der Waals surface area contributed by atoms with E-state index in [-0.39, 0.29) is 17.9 Å². The average molecular weight is 339 g/mol. The van der Waals surface area contributed by atoms with Gasteiger partial charge in [0.05, 0.1) is 12.1 Å². The standard InChI is InChI=1S/C16H21NO7/c1-16(2,3)24-15(21)9-23-14(20)7-10-4-5-12(11(17)6-10)22-8-13(18)19/h4-6H,7-9,17H2,1-3H3,(H,18,19). The van der Waals surface area contributed by atoms with E-state index in [0.717, 1.165) is 0 Å². The number of hydrogen-bond donors (Lipinski definition) is 2. The minimum atomic E-state index is -1.12. The zero-order chi connectivity index (χ0) is 18.3. The van der Waals surface area contributed by atoms with Crippen LogP contribution in [0.2, 0.25) is 0 Å². The summed E-state index contributed by atoms with van der Waals surface area (Å²) in [7, 11) is 0. The minimum absolute atomic E-state index is 0.0911. The Hall–Kier alpha value is -2.77. The van der Waals surface area contributed by atoms with Crippen molar-refractivity contribution in [2.75, 3.05) is 18.9 Å². The van der Waals surface area contributed by atoms with Crippen molar-refractivity contribution >= 4 is 23.6 Å².